The summed E-state index contributed by atoms with van der Waals surface area (Å²) < 4.78 is 16.2. The Morgan fingerprint density at radius 1 is 1.31 bits per heavy atom. The van der Waals surface area contributed by atoms with Gasteiger partial charge in [0.2, 0.25) is 0 Å². The van der Waals surface area contributed by atoms with Crippen LogP contribution in [0.4, 0.5) is 0 Å². The highest BCUT2D eigenvalue weighted by Gasteiger charge is 2.53. The van der Waals surface area contributed by atoms with E-state index in [2.05, 4.69) is 6.08 Å². The van der Waals surface area contributed by atoms with E-state index in [1.807, 2.05) is 6.08 Å². The molecule has 0 bridgehead atoms. The lowest BCUT2D eigenvalue weighted by molar-refractivity contribution is -0.157. The minimum Gasteiger partial charge on any atom is -0.469 e. The van der Waals surface area contributed by atoms with Crippen LogP contribution in [-0.4, -0.2) is 32.1 Å². The Kier molecular flexibility index (Phi) is 2.30. The van der Waals surface area contributed by atoms with Crippen LogP contribution < -0.4 is 0 Å². The molecule has 3 rings (SSSR count). The van der Waals surface area contributed by atoms with E-state index in [0.717, 1.165) is 12.8 Å². The summed E-state index contributed by atoms with van der Waals surface area (Å²) >= 11 is 0. The van der Waals surface area contributed by atoms with Gasteiger partial charge >= 0.3 is 5.97 Å². The Morgan fingerprint density at radius 3 is 2.75 bits per heavy atom. The van der Waals surface area contributed by atoms with Gasteiger partial charge in [-0.15, -0.1) is 0 Å². The summed E-state index contributed by atoms with van der Waals surface area (Å²) in [7, 11) is 1.44. The molecule has 2 fully saturated rings. The number of carbonyl (C=O) groups excluding carboxylic acids is 1. The zero-order valence-electron chi connectivity index (χ0n) is 9.35. The molecule has 16 heavy (non-hydrogen) atoms. The van der Waals surface area contributed by atoms with Crippen molar-refractivity contribution in [3.8, 4) is 0 Å². The minimum absolute atomic E-state index is 0.109. The molecule has 4 nitrogen and oxygen atoms in total. The minimum atomic E-state index is -0.410. The van der Waals surface area contributed by atoms with Crippen LogP contribution in [0.15, 0.2) is 12.2 Å². The topological polar surface area (TPSA) is 44.8 Å². The average Bonchev–Trinajstić information content (AvgIpc) is 2.95. The van der Waals surface area contributed by atoms with Crippen molar-refractivity contribution in [2.24, 2.45) is 17.8 Å². The molecule has 0 amide bonds. The van der Waals surface area contributed by atoms with Crippen molar-refractivity contribution in [3.63, 3.8) is 0 Å². The van der Waals surface area contributed by atoms with E-state index in [-0.39, 0.29) is 11.9 Å². The number of methoxy groups -OCH3 is 1. The molecule has 3 atom stereocenters. The second-order valence-electron chi connectivity index (χ2n) is 4.78. The standard InChI is InChI=1S/C12H16O4/c1-14-11(13)9-3-2-8-6-12(7-10(8)9)15-4-5-16-12/h2-3,8-10H,4-7H2,1H3/t8-,9?,10+/m1/s1. The number of esters is 1. The molecule has 1 aliphatic heterocycles. The highest BCUT2D eigenvalue weighted by Crippen LogP contribution is 2.51. The highest BCUT2D eigenvalue weighted by atomic mass is 16.7. The lowest BCUT2D eigenvalue weighted by Gasteiger charge is -2.22. The van der Waals surface area contributed by atoms with Crippen molar-refractivity contribution in [2.75, 3.05) is 20.3 Å². The van der Waals surface area contributed by atoms with E-state index in [9.17, 15) is 4.79 Å². The van der Waals surface area contributed by atoms with E-state index in [0.29, 0.717) is 25.0 Å². The zero-order valence-corrected chi connectivity index (χ0v) is 9.35. The van der Waals surface area contributed by atoms with Gasteiger partial charge in [-0.3, -0.25) is 4.79 Å². The lowest BCUT2D eigenvalue weighted by Crippen LogP contribution is -2.28. The van der Waals surface area contributed by atoms with Crippen molar-refractivity contribution in [1.29, 1.82) is 0 Å². The summed E-state index contributed by atoms with van der Waals surface area (Å²) in [6.45, 7) is 1.35. The highest BCUT2D eigenvalue weighted by molar-refractivity contribution is 5.75. The molecule has 4 heteroatoms. The third-order valence-corrected chi connectivity index (χ3v) is 3.96. The van der Waals surface area contributed by atoms with E-state index >= 15 is 0 Å². The summed E-state index contributed by atoms with van der Waals surface area (Å²) in [6, 6.07) is 0. The molecule has 2 aliphatic carbocycles. The van der Waals surface area contributed by atoms with Gasteiger partial charge in [0, 0.05) is 12.8 Å². The molecule has 0 radical (unpaired) electrons. The number of carbonyl (C=O) groups is 1. The third kappa shape index (κ3) is 1.40. The fourth-order valence-electron chi connectivity index (χ4n) is 3.24. The monoisotopic (exact) mass is 224 g/mol. The van der Waals surface area contributed by atoms with Crippen LogP contribution in [-0.2, 0) is 19.0 Å². The Hall–Kier alpha value is -0.870. The number of rotatable bonds is 1. The molecule has 1 spiro atoms. The van der Waals surface area contributed by atoms with Gasteiger partial charge in [-0.05, 0) is 11.8 Å². The van der Waals surface area contributed by atoms with Gasteiger partial charge in [0.1, 0.15) is 0 Å². The molecule has 88 valence electrons. The Labute approximate surface area is 94.5 Å². The maximum Gasteiger partial charge on any atom is 0.312 e. The van der Waals surface area contributed by atoms with Crippen molar-refractivity contribution in [1.82, 2.24) is 0 Å². The average molecular weight is 224 g/mol. The first-order valence-corrected chi connectivity index (χ1v) is 5.78. The van der Waals surface area contributed by atoms with Crippen LogP contribution in [0.5, 0.6) is 0 Å². The Morgan fingerprint density at radius 2 is 2.06 bits per heavy atom. The SMILES string of the molecule is COC(=O)C1C=C[C@@H]2CC3(C[C@H]12)OCCO3. The number of allylic oxidation sites excluding steroid dienone is 1. The number of hydrogen-bond acceptors (Lipinski definition) is 4. The molecule has 0 aromatic heterocycles. The van der Waals surface area contributed by atoms with Gasteiger partial charge in [-0.1, -0.05) is 12.2 Å². The van der Waals surface area contributed by atoms with E-state index in [1.54, 1.807) is 0 Å². The largest absolute Gasteiger partial charge is 0.469 e. The summed E-state index contributed by atoms with van der Waals surface area (Å²) in [5.74, 6) is 0.0422. The fourth-order valence-corrected chi connectivity index (χ4v) is 3.24. The predicted molar refractivity (Wildman–Crippen MR) is 55.5 cm³/mol. The molecule has 1 saturated carbocycles. The first-order valence-electron chi connectivity index (χ1n) is 5.78. The predicted octanol–water partition coefficient (Wildman–Crippen LogP) is 1.11. The molecule has 0 aromatic carbocycles. The zero-order chi connectivity index (χ0) is 11.2. The summed E-state index contributed by atoms with van der Waals surface area (Å²) in [6.07, 6.45) is 5.78. The molecule has 0 N–H and O–H groups in total. The quantitative estimate of drug-likeness (QED) is 0.494. The number of ether oxygens (including phenoxy) is 3. The van der Waals surface area contributed by atoms with Crippen LogP contribution in [0.3, 0.4) is 0 Å². The Bertz CT molecular complexity index is 330. The van der Waals surface area contributed by atoms with Gasteiger partial charge in [-0.25, -0.2) is 0 Å². The molecule has 1 heterocycles. The van der Waals surface area contributed by atoms with Crippen molar-refractivity contribution in [2.45, 2.75) is 18.6 Å². The molecule has 0 aromatic rings. The Balaban J connectivity index is 1.77. The molecular weight excluding hydrogens is 208 g/mol. The fraction of sp³-hybridized carbons (Fsp3) is 0.750. The van der Waals surface area contributed by atoms with Crippen molar-refractivity contribution in [3.05, 3.63) is 12.2 Å². The first kappa shape index (κ1) is 10.3. The normalized spacial score (nSPS) is 39.2. The van der Waals surface area contributed by atoms with Crippen LogP contribution in [0, 0.1) is 17.8 Å². The lowest BCUT2D eigenvalue weighted by atomic mass is 9.91. The second kappa shape index (κ2) is 3.57. The van der Waals surface area contributed by atoms with Gasteiger partial charge in [0.25, 0.3) is 0 Å². The molecule has 1 saturated heterocycles. The van der Waals surface area contributed by atoms with Crippen LogP contribution in [0.1, 0.15) is 12.8 Å². The van der Waals surface area contributed by atoms with E-state index < -0.39 is 5.79 Å². The summed E-state index contributed by atoms with van der Waals surface area (Å²) in [5, 5.41) is 0. The molecule has 1 unspecified atom stereocenters. The smallest absolute Gasteiger partial charge is 0.312 e. The number of fused-ring (bicyclic) bond motifs is 1. The van der Waals surface area contributed by atoms with Gasteiger partial charge in [0.15, 0.2) is 5.79 Å². The van der Waals surface area contributed by atoms with E-state index in [1.165, 1.54) is 7.11 Å². The summed E-state index contributed by atoms with van der Waals surface area (Å²) in [5.41, 5.74) is 0. The molecule has 3 aliphatic rings. The van der Waals surface area contributed by atoms with Gasteiger partial charge < -0.3 is 14.2 Å². The number of hydrogen-bond donors (Lipinski definition) is 0. The maximum atomic E-state index is 11.6. The van der Waals surface area contributed by atoms with Crippen LogP contribution in [0.2, 0.25) is 0 Å². The van der Waals surface area contributed by atoms with Crippen molar-refractivity contribution >= 4 is 5.97 Å². The second-order valence-corrected chi connectivity index (χ2v) is 4.78. The third-order valence-electron chi connectivity index (χ3n) is 3.96. The molecular formula is C12H16O4. The van der Waals surface area contributed by atoms with Crippen LogP contribution in [0.25, 0.3) is 0 Å². The van der Waals surface area contributed by atoms with Crippen LogP contribution >= 0.6 is 0 Å². The maximum absolute atomic E-state index is 11.6. The van der Waals surface area contributed by atoms with E-state index in [4.69, 9.17) is 14.2 Å². The first-order chi connectivity index (χ1) is 7.74. The van der Waals surface area contributed by atoms with Crippen molar-refractivity contribution < 1.29 is 19.0 Å². The van der Waals surface area contributed by atoms with Gasteiger partial charge in [-0.2, -0.15) is 0 Å². The summed E-state index contributed by atoms with van der Waals surface area (Å²) in [4.78, 5) is 11.6. The van der Waals surface area contributed by atoms with Gasteiger partial charge in [0.05, 0.1) is 26.2 Å².